The maximum absolute atomic E-state index is 11.4. The zero-order valence-corrected chi connectivity index (χ0v) is 12.6. The summed E-state index contributed by atoms with van der Waals surface area (Å²) in [6.45, 7) is 1.46. The third-order valence-corrected chi connectivity index (χ3v) is 2.93. The molecule has 0 saturated heterocycles. The standard InChI is InChI=1S/C11H11Cl3N2O4/c1-2-19-11(18)16-15-10(17)5-20-9-4-7(13)6(12)3-8(9)14/h3-4H,2,5H2,1H3,(H,15,17)(H,16,18). The summed E-state index contributed by atoms with van der Waals surface area (Å²) in [6, 6.07) is 2.79. The van der Waals surface area contributed by atoms with Gasteiger partial charge < -0.3 is 9.47 Å². The predicted molar refractivity (Wildman–Crippen MR) is 75.3 cm³/mol. The quantitative estimate of drug-likeness (QED) is 0.652. The van der Waals surface area contributed by atoms with Crippen molar-refractivity contribution in [1.82, 2.24) is 10.9 Å². The molecule has 1 aromatic rings. The van der Waals surface area contributed by atoms with Gasteiger partial charge in [0.1, 0.15) is 5.75 Å². The number of carbonyl (C=O) groups is 2. The highest BCUT2D eigenvalue weighted by Gasteiger charge is 2.10. The second-order valence-electron chi connectivity index (χ2n) is 3.38. The molecule has 0 atom stereocenters. The molecule has 1 rings (SSSR count). The van der Waals surface area contributed by atoms with E-state index in [1.165, 1.54) is 12.1 Å². The topological polar surface area (TPSA) is 76.7 Å². The van der Waals surface area contributed by atoms with Crippen molar-refractivity contribution >= 4 is 46.8 Å². The van der Waals surface area contributed by atoms with E-state index >= 15 is 0 Å². The maximum atomic E-state index is 11.4. The smallest absolute Gasteiger partial charge is 0.426 e. The number of nitrogens with one attached hydrogen (secondary N) is 2. The largest absolute Gasteiger partial charge is 0.482 e. The van der Waals surface area contributed by atoms with Crippen LogP contribution in [0.2, 0.25) is 15.1 Å². The lowest BCUT2D eigenvalue weighted by Gasteiger charge is -2.10. The first-order chi connectivity index (χ1) is 9.43. The first-order valence-corrected chi connectivity index (χ1v) is 6.56. The van der Waals surface area contributed by atoms with Gasteiger partial charge in [-0.1, -0.05) is 34.8 Å². The maximum Gasteiger partial charge on any atom is 0.426 e. The molecule has 1 aromatic carbocycles. The van der Waals surface area contributed by atoms with E-state index in [1.807, 2.05) is 5.43 Å². The van der Waals surface area contributed by atoms with Crippen LogP contribution in [0.4, 0.5) is 4.79 Å². The second kappa shape index (κ2) is 8.04. The number of amides is 2. The normalized spacial score (nSPS) is 9.80. The van der Waals surface area contributed by atoms with E-state index in [4.69, 9.17) is 39.5 Å². The van der Waals surface area contributed by atoms with E-state index < -0.39 is 12.0 Å². The van der Waals surface area contributed by atoms with E-state index in [1.54, 1.807) is 6.92 Å². The van der Waals surface area contributed by atoms with Crippen molar-refractivity contribution in [1.29, 1.82) is 0 Å². The molecule has 0 aliphatic rings. The SMILES string of the molecule is CCOC(=O)NNC(=O)COc1cc(Cl)c(Cl)cc1Cl. The van der Waals surface area contributed by atoms with Crippen LogP contribution >= 0.6 is 34.8 Å². The second-order valence-corrected chi connectivity index (χ2v) is 4.60. The van der Waals surface area contributed by atoms with Gasteiger partial charge in [-0.05, 0) is 13.0 Å². The fourth-order valence-electron chi connectivity index (χ4n) is 1.08. The van der Waals surface area contributed by atoms with Crippen LogP contribution in [0.3, 0.4) is 0 Å². The molecule has 20 heavy (non-hydrogen) atoms. The van der Waals surface area contributed by atoms with Crippen molar-refractivity contribution < 1.29 is 19.1 Å². The van der Waals surface area contributed by atoms with Gasteiger partial charge in [-0.2, -0.15) is 0 Å². The van der Waals surface area contributed by atoms with Crippen LogP contribution in [-0.4, -0.2) is 25.2 Å². The Balaban J connectivity index is 2.45. The van der Waals surface area contributed by atoms with Crippen LogP contribution in [0.5, 0.6) is 5.75 Å². The van der Waals surface area contributed by atoms with E-state index in [-0.39, 0.29) is 34.0 Å². The van der Waals surface area contributed by atoms with Crippen molar-refractivity contribution in [2.45, 2.75) is 6.92 Å². The Morgan fingerprint density at radius 2 is 1.75 bits per heavy atom. The Bertz CT molecular complexity index is 511. The van der Waals surface area contributed by atoms with Gasteiger partial charge in [0.25, 0.3) is 5.91 Å². The van der Waals surface area contributed by atoms with Crippen LogP contribution < -0.4 is 15.6 Å². The van der Waals surface area contributed by atoms with Gasteiger partial charge in [-0.25, -0.2) is 10.2 Å². The average Bonchev–Trinajstić information content (AvgIpc) is 2.39. The first-order valence-electron chi connectivity index (χ1n) is 5.43. The summed E-state index contributed by atoms with van der Waals surface area (Å²) in [5, 5.41) is 0.735. The minimum absolute atomic E-state index is 0.192. The molecule has 0 aromatic heterocycles. The van der Waals surface area contributed by atoms with Crippen molar-refractivity contribution in [2.75, 3.05) is 13.2 Å². The summed E-state index contributed by atoms with van der Waals surface area (Å²) < 4.78 is 9.69. The first kappa shape index (κ1) is 16.7. The van der Waals surface area contributed by atoms with Crippen LogP contribution in [0.15, 0.2) is 12.1 Å². The third kappa shape index (κ3) is 5.32. The molecule has 0 spiro atoms. The Kier molecular flexibility index (Phi) is 6.70. The number of hydrogen-bond donors (Lipinski definition) is 2. The molecule has 0 unspecified atom stereocenters. The monoisotopic (exact) mass is 340 g/mol. The van der Waals surface area contributed by atoms with Gasteiger partial charge in [-0.3, -0.25) is 10.2 Å². The van der Waals surface area contributed by atoms with E-state index in [9.17, 15) is 9.59 Å². The van der Waals surface area contributed by atoms with E-state index in [0.29, 0.717) is 0 Å². The molecule has 2 amide bonds. The lowest BCUT2D eigenvalue weighted by atomic mass is 10.3. The Labute approximate surface area is 130 Å². The molecule has 2 N–H and O–H groups in total. The Morgan fingerprint density at radius 3 is 2.40 bits per heavy atom. The van der Waals surface area contributed by atoms with E-state index in [2.05, 4.69) is 10.2 Å². The molecule has 110 valence electrons. The van der Waals surface area contributed by atoms with Crippen LogP contribution in [0.25, 0.3) is 0 Å². The van der Waals surface area contributed by atoms with Crippen molar-refractivity contribution in [2.24, 2.45) is 0 Å². The van der Waals surface area contributed by atoms with Crippen molar-refractivity contribution in [3.63, 3.8) is 0 Å². The van der Waals surface area contributed by atoms with Gasteiger partial charge in [0.2, 0.25) is 0 Å². The number of hydrazine groups is 1. The minimum atomic E-state index is -0.770. The Hall–Kier alpha value is -1.37. The molecular weight excluding hydrogens is 330 g/mol. The minimum Gasteiger partial charge on any atom is -0.482 e. The number of ether oxygens (including phenoxy) is 2. The molecule has 0 fully saturated rings. The molecular formula is C11H11Cl3N2O4. The zero-order valence-electron chi connectivity index (χ0n) is 10.3. The summed E-state index contributed by atoms with van der Waals surface area (Å²) in [5.74, 6) is -0.396. The highest BCUT2D eigenvalue weighted by atomic mass is 35.5. The number of hydrogen-bond acceptors (Lipinski definition) is 4. The average molecular weight is 342 g/mol. The van der Waals surface area contributed by atoms with Crippen LogP contribution in [0.1, 0.15) is 6.92 Å². The van der Waals surface area contributed by atoms with Gasteiger partial charge >= 0.3 is 6.09 Å². The van der Waals surface area contributed by atoms with Gasteiger partial charge in [-0.15, -0.1) is 0 Å². The van der Waals surface area contributed by atoms with Crippen LogP contribution in [0, 0.1) is 0 Å². The molecule has 9 heteroatoms. The fourth-order valence-corrected chi connectivity index (χ4v) is 1.67. The number of rotatable bonds is 4. The molecule has 0 saturated carbocycles. The lowest BCUT2D eigenvalue weighted by Crippen LogP contribution is -2.44. The number of carbonyl (C=O) groups excluding carboxylic acids is 2. The van der Waals surface area contributed by atoms with Crippen molar-refractivity contribution in [3.8, 4) is 5.75 Å². The molecule has 0 radical (unpaired) electrons. The molecule has 6 nitrogen and oxygen atoms in total. The highest BCUT2D eigenvalue weighted by molar-refractivity contribution is 6.43. The molecule has 0 bridgehead atoms. The predicted octanol–water partition coefficient (Wildman–Crippen LogP) is 2.80. The van der Waals surface area contributed by atoms with Gasteiger partial charge in [0, 0.05) is 6.07 Å². The summed E-state index contributed by atoms with van der Waals surface area (Å²) in [5.41, 5.74) is 4.13. The zero-order chi connectivity index (χ0) is 15.1. The molecule has 0 heterocycles. The number of benzene rings is 1. The fraction of sp³-hybridized carbons (Fsp3) is 0.273. The highest BCUT2D eigenvalue weighted by Crippen LogP contribution is 2.33. The van der Waals surface area contributed by atoms with Gasteiger partial charge in [0.15, 0.2) is 6.61 Å². The molecule has 0 aliphatic carbocycles. The summed E-state index contributed by atoms with van der Waals surface area (Å²) in [7, 11) is 0. The number of halogens is 3. The lowest BCUT2D eigenvalue weighted by molar-refractivity contribution is -0.123. The third-order valence-electron chi connectivity index (χ3n) is 1.91. The summed E-state index contributed by atoms with van der Waals surface area (Å²) >= 11 is 17.4. The van der Waals surface area contributed by atoms with E-state index in [0.717, 1.165) is 0 Å². The summed E-state index contributed by atoms with van der Waals surface area (Å²) in [4.78, 5) is 22.3. The molecule has 0 aliphatic heterocycles. The Morgan fingerprint density at radius 1 is 1.10 bits per heavy atom. The van der Waals surface area contributed by atoms with Crippen LogP contribution in [-0.2, 0) is 9.53 Å². The summed E-state index contributed by atoms with van der Waals surface area (Å²) in [6.07, 6.45) is -0.770. The van der Waals surface area contributed by atoms with Gasteiger partial charge in [0.05, 0.1) is 21.7 Å². The van der Waals surface area contributed by atoms with Crippen molar-refractivity contribution in [3.05, 3.63) is 27.2 Å².